The Bertz CT molecular complexity index is 279. The number of nitrogens with zero attached hydrogens (tertiary/aromatic N) is 3. The van der Waals surface area contributed by atoms with Gasteiger partial charge in [-0.05, 0) is 38.6 Å². The third kappa shape index (κ3) is 4.31. The van der Waals surface area contributed by atoms with Crippen molar-refractivity contribution in [2.24, 2.45) is 5.92 Å². The molecule has 0 bridgehead atoms. The van der Waals surface area contributed by atoms with Crippen LogP contribution in [0.5, 0.6) is 0 Å². The van der Waals surface area contributed by atoms with Gasteiger partial charge in [0, 0.05) is 18.8 Å². The van der Waals surface area contributed by atoms with Gasteiger partial charge in [-0.15, -0.1) is 5.10 Å². The molecule has 0 amide bonds. The molecule has 0 spiro atoms. The highest BCUT2D eigenvalue weighted by Crippen LogP contribution is 2.33. The van der Waals surface area contributed by atoms with Crippen LogP contribution in [0.1, 0.15) is 39.0 Å². The predicted octanol–water partition coefficient (Wildman–Crippen LogP) is 1.84. The minimum Gasteiger partial charge on any atom is -0.314 e. The smallest absolute Gasteiger partial charge is 0.0692 e. The van der Waals surface area contributed by atoms with Crippen LogP contribution in [0.3, 0.4) is 0 Å². The van der Waals surface area contributed by atoms with Crippen molar-refractivity contribution >= 4 is 0 Å². The van der Waals surface area contributed by atoms with E-state index >= 15 is 0 Å². The Balaban J connectivity index is 1.45. The third-order valence-electron chi connectivity index (χ3n) is 3.16. The summed E-state index contributed by atoms with van der Waals surface area (Å²) in [6.45, 7) is 4.41. The fraction of sp³-hybridized carbons (Fsp3) is 0.833. The average Bonchev–Trinajstić information content (AvgIpc) is 2.93. The lowest BCUT2D eigenvalue weighted by Crippen LogP contribution is -2.27. The molecule has 0 aliphatic heterocycles. The molecule has 1 N–H and O–H groups in total. The first-order valence-electron chi connectivity index (χ1n) is 6.42. The van der Waals surface area contributed by atoms with Gasteiger partial charge in [0.15, 0.2) is 0 Å². The van der Waals surface area contributed by atoms with E-state index in [2.05, 4.69) is 22.6 Å². The van der Waals surface area contributed by atoms with E-state index in [9.17, 15) is 0 Å². The summed E-state index contributed by atoms with van der Waals surface area (Å²) in [5.74, 6) is 1.03. The summed E-state index contributed by atoms with van der Waals surface area (Å²) in [5.41, 5.74) is 0. The summed E-state index contributed by atoms with van der Waals surface area (Å²) in [4.78, 5) is 0. The molecule has 0 saturated heterocycles. The second kappa shape index (κ2) is 5.99. The van der Waals surface area contributed by atoms with Gasteiger partial charge in [0.25, 0.3) is 0 Å². The lowest BCUT2D eigenvalue weighted by Gasteiger charge is -2.12. The Morgan fingerprint density at radius 2 is 2.31 bits per heavy atom. The zero-order valence-electron chi connectivity index (χ0n) is 10.1. The number of aryl methyl sites for hydroxylation is 1. The van der Waals surface area contributed by atoms with E-state index in [0.29, 0.717) is 6.04 Å². The Morgan fingerprint density at radius 3 is 3.00 bits per heavy atom. The zero-order valence-corrected chi connectivity index (χ0v) is 10.1. The largest absolute Gasteiger partial charge is 0.314 e. The number of aromatic nitrogens is 3. The van der Waals surface area contributed by atoms with E-state index < -0.39 is 0 Å². The fourth-order valence-corrected chi connectivity index (χ4v) is 2.04. The Hall–Kier alpha value is -0.900. The number of unbranched alkanes of at least 4 members (excludes halogenated alkanes) is 1. The van der Waals surface area contributed by atoms with Crippen molar-refractivity contribution in [1.82, 2.24) is 20.3 Å². The quantitative estimate of drug-likeness (QED) is 0.682. The summed E-state index contributed by atoms with van der Waals surface area (Å²) in [7, 11) is 0. The molecule has 1 unspecified atom stereocenters. The van der Waals surface area contributed by atoms with Crippen molar-refractivity contribution in [3.63, 3.8) is 0 Å². The maximum Gasteiger partial charge on any atom is 0.0692 e. The van der Waals surface area contributed by atoms with Crippen LogP contribution in [0.2, 0.25) is 0 Å². The van der Waals surface area contributed by atoms with E-state index in [-0.39, 0.29) is 0 Å². The van der Waals surface area contributed by atoms with E-state index in [4.69, 9.17) is 0 Å². The topological polar surface area (TPSA) is 42.7 Å². The van der Waals surface area contributed by atoms with Crippen LogP contribution in [0.15, 0.2) is 12.4 Å². The molecular formula is C12H22N4. The maximum absolute atomic E-state index is 3.94. The highest BCUT2D eigenvalue weighted by atomic mass is 15.4. The van der Waals surface area contributed by atoms with Crippen LogP contribution in [0.4, 0.5) is 0 Å². The summed E-state index contributed by atoms with van der Waals surface area (Å²) < 4.78 is 1.90. The van der Waals surface area contributed by atoms with Gasteiger partial charge in [-0.2, -0.15) is 0 Å². The number of hydrogen-bond donors (Lipinski definition) is 1. The van der Waals surface area contributed by atoms with Crippen LogP contribution in [0.25, 0.3) is 0 Å². The Labute approximate surface area is 97.4 Å². The molecule has 2 rings (SSSR count). The molecule has 90 valence electrons. The van der Waals surface area contributed by atoms with Gasteiger partial charge in [-0.25, -0.2) is 0 Å². The molecule has 16 heavy (non-hydrogen) atoms. The molecule has 1 aliphatic rings. The van der Waals surface area contributed by atoms with E-state index in [1.807, 2.05) is 10.9 Å². The van der Waals surface area contributed by atoms with Gasteiger partial charge in [-0.1, -0.05) is 18.1 Å². The Kier molecular flexibility index (Phi) is 4.34. The van der Waals surface area contributed by atoms with Crippen LogP contribution in [-0.4, -0.2) is 27.6 Å². The summed E-state index contributed by atoms with van der Waals surface area (Å²) in [6, 6.07) is 0.693. The average molecular weight is 222 g/mol. The SMILES string of the molecule is CC(CC1CC1)NCCCCn1ccnn1. The molecule has 0 aromatic carbocycles. The van der Waals surface area contributed by atoms with Crippen molar-refractivity contribution < 1.29 is 0 Å². The molecule has 4 nitrogen and oxygen atoms in total. The van der Waals surface area contributed by atoms with Crippen LogP contribution in [0, 0.1) is 5.92 Å². The van der Waals surface area contributed by atoms with Crippen molar-refractivity contribution in [3.05, 3.63) is 12.4 Å². The highest BCUT2D eigenvalue weighted by Gasteiger charge is 2.22. The van der Waals surface area contributed by atoms with Gasteiger partial charge in [0.05, 0.1) is 6.20 Å². The first-order valence-corrected chi connectivity index (χ1v) is 6.42. The van der Waals surface area contributed by atoms with Crippen molar-refractivity contribution in [1.29, 1.82) is 0 Å². The molecule has 1 heterocycles. The molecule has 0 radical (unpaired) electrons. The Morgan fingerprint density at radius 1 is 1.44 bits per heavy atom. The monoisotopic (exact) mass is 222 g/mol. The van der Waals surface area contributed by atoms with Gasteiger partial charge in [0.1, 0.15) is 0 Å². The van der Waals surface area contributed by atoms with Crippen molar-refractivity contribution in [2.75, 3.05) is 6.54 Å². The molecule has 1 atom stereocenters. The molecular weight excluding hydrogens is 200 g/mol. The first kappa shape index (κ1) is 11.6. The predicted molar refractivity (Wildman–Crippen MR) is 64.1 cm³/mol. The van der Waals surface area contributed by atoms with Gasteiger partial charge < -0.3 is 5.32 Å². The molecule has 1 saturated carbocycles. The number of hydrogen-bond acceptors (Lipinski definition) is 3. The maximum atomic E-state index is 3.94. The first-order chi connectivity index (χ1) is 7.84. The van der Waals surface area contributed by atoms with Crippen LogP contribution in [-0.2, 0) is 6.54 Å². The summed E-state index contributed by atoms with van der Waals surface area (Å²) in [6.07, 6.45) is 10.3. The van der Waals surface area contributed by atoms with E-state index in [1.165, 1.54) is 32.1 Å². The minimum atomic E-state index is 0.693. The molecule has 1 aromatic heterocycles. The number of nitrogens with one attached hydrogen (secondary N) is 1. The molecule has 1 aromatic rings. The summed E-state index contributed by atoms with van der Waals surface area (Å²) in [5, 5.41) is 11.3. The fourth-order valence-electron chi connectivity index (χ4n) is 2.04. The molecule has 4 heteroatoms. The standard InChI is InChI=1S/C12H22N4/c1-11(10-12-4-5-12)13-6-2-3-8-16-9-7-14-15-16/h7,9,11-13H,2-6,8,10H2,1H3. The zero-order chi connectivity index (χ0) is 11.2. The van der Waals surface area contributed by atoms with Gasteiger partial charge >= 0.3 is 0 Å². The van der Waals surface area contributed by atoms with E-state index in [0.717, 1.165) is 19.0 Å². The van der Waals surface area contributed by atoms with Gasteiger partial charge in [-0.3, -0.25) is 4.68 Å². The normalized spacial score (nSPS) is 17.6. The van der Waals surface area contributed by atoms with Crippen molar-refractivity contribution in [3.8, 4) is 0 Å². The highest BCUT2D eigenvalue weighted by molar-refractivity contribution is 4.77. The van der Waals surface area contributed by atoms with Crippen LogP contribution < -0.4 is 5.32 Å². The third-order valence-corrected chi connectivity index (χ3v) is 3.16. The molecule has 1 fully saturated rings. The second-order valence-corrected chi connectivity index (χ2v) is 4.91. The number of rotatable bonds is 8. The summed E-state index contributed by atoms with van der Waals surface area (Å²) >= 11 is 0. The van der Waals surface area contributed by atoms with Crippen LogP contribution >= 0.6 is 0 Å². The molecule has 1 aliphatic carbocycles. The van der Waals surface area contributed by atoms with Gasteiger partial charge in [0.2, 0.25) is 0 Å². The van der Waals surface area contributed by atoms with Crippen molar-refractivity contribution in [2.45, 2.75) is 51.6 Å². The lowest BCUT2D eigenvalue weighted by molar-refractivity contribution is 0.462. The second-order valence-electron chi connectivity index (χ2n) is 4.91. The minimum absolute atomic E-state index is 0.693. The van der Waals surface area contributed by atoms with E-state index in [1.54, 1.807) is 6.20 Å². The lowest BCUT2D eigenvalue weighted by atomic mass is 10.1.